The van der Waals surface area contributed by atoms with E-state index in [1.807, 2.05) is 11.0 Å². The van der Waals surface area contributed by atoms with Crippen molar-refractivity contribution in [3.05, 3.63) is 46.3 Å². The maximum atomic E-state index is 12.2. The first-order chi connectivity index (χ1) is 10.4. The lowest BCUT2D eigenvalue weighted by Crippen LogP contribution is -2.38. The molecule has 0 aromatic heterocycles. The fourth-order valence-corrected chi connectivity index (χ4v) is 3.36. The van der Waals surface area contributed by atoms with Gasteiger partial charge in [-0.05, 0) is 35.8 Å². The summed E-state index contributed by atoms with van der Waals surface area (Å²) >= 11 is 0. The van der Waals surface area contributed by atoms with Crippen LogP contribution in [0, 0.1) is 5.92 Å². The van der Waals surface area contributed by atoms with Gasteiger partial charge < -0.3 is 4.90 Å². The van der Waals surface area contributed by atoms with Gasteiger partial charge in [0.2, 0.25) is 5.91 Å². The van der Waals surface area contributed by atoms with Crippen molar-refractivity contribution in [3.8, 4) is 0 Å². The highest BCUT2D eigenvalue weighted by atomic mass is 16.2. The van der Waals surface area contributed by atoms with E-state index in [2.05, 4.69) is 55.1 Å². The van der Waals surface area contributed by atoms with Gasteiger partial charge in [-0.15, -0.1) is 0 Å². The number of hydrogen-bond donors (Lipinski definition) is 0. The van der Waals surface area contributed by atoms with Gasteiger partial charge in [0, 0.05) is 30.5 Å². The molecule has 1 aliphatic rings. The molecule has 0 N–H and O–H groups in total. The lowest BCUT2D eigenvalue weighted by Gasteiger charge is -2.33. The number of likely N-dealkylation sites (tertiary alicyclic amines) is 1. The second-order valence-electron chi connectivity index (χ2n) is 6.83. The van der Waals surface area contributed by atoms with E-state index in [4.69, 9.17) is 5.53 Å². The maximum Gasteiger partial charge on any atom is 0.223 e. The lowest BCUT2D eigenvalue weighted by molar-refractivity contribution is -0.129. The molecule has 2 rings (SSSR count). The van der Waals surface area contributed by atoms with Crippen LogP contribution >= 0.6 is 0 Å². The molecule has 1 aromatic carbocycles. The van der Waals surface area contributed by atoms with E-state index in [1.165, 1.54) is 5.56 Å². The smallest absolute Gasteiger partial charge is 0.223 e. The first-order valence-electron chi connectivity index (χ1n) is 7.80. The maximum absolute atomic E-state index is 12.2. The molecule has 0 spiro atoms. The Morgan fingerprint density at radius 3 is 2.73 bits per heavy atom. The van der Waals surface area contributed by atoms with Gasteiger partial charge in [-0.25, -0.2) is 0 Å². The third kappa shape index (κ3) is 3.80. The summed E-state index contributed by atoms with van der Waals surface area (Å²) in [5, 5.41) is 3.61. The van der Waals surface area contributed by atoms with Gasteiger partial charge in [0.1, 0.15) is 0 Å². The van der Waals surface area contributed by atoms with E-state index in [9.17, 15) is 4.79 Å². The first-order valence-corrected chi connectivity index (χ1v) is 7.80. The molecule has 1 heterocycles. The molecule has 118 valence electrons. The standard InChI is InChI=1S/C17H24N4O/c1-13(10-17(2,3)15-7-5-4-6-8-15)21-12-14(9-16(21)22)11-19-20-18/h4-8,13-14H,9-12H2,1-3H3. The summed E-state index contributed by atoms with van der Waals surface area (Å²) in [6.07, 6.45) is 1.41. The van der Waals surface area contributed by atoms with Crippen LogP contribution in [-0.4, -0.2) is 29.9 Å². The topological polar surface area (TPSA) is 69.1 Å². The Kier molecular flexibility index (Phi) is 5.09. The number of hydrogen-bond acceptors (Lipinski definition) is 2. The zero-order chi connectivity index (χ0) is 16.2. The summed E-state index contributed by atoms with van der Waals surface area (Å²) in [5.74, 6) is 0.334. The van der Waals surface area contributed by atoms with Crippen LogP contribution in [0.5, 0.6) is 0 Å². The molecule has 2 unspecified atom stereocenters. The molecule has 1 amide bonds. The number of rotatable bonds is 6. The van der Waals surface area contributed by atoms with Crippen LogP contribution in [0.25, 0.3) is 10.4 Å². The Balaban J connectivity index is 2.01. The average molecular weight is 300 g/mol. The number of azide groups is 1. The van der Waals surface area contributed by atoms with Crippen molar-refractivity contribution in [2.45, 2.75) is 45.1 Å². The van der Waals surface area contributed by atoms with Crippen molar-refractivity contribution in [2.24, 2.45) is 11.0 Å². The van der Waals surface area contributed by atoms with E-state index in [0.29, 0.717) is 19.5 Å². The summed E-state index contributed by atoms with van der Waals surface area (Å²) in [6, 6.07) is 10.6. The predicted molar refractivity (Wildman–Crippen MR) is 87.4 cm³/mol. The SMILES string of the molecule is CC(CC(C)(C)c1ccccc1)N1CC(CN=[N+]=[N-])CC1=O. The normalized spacial score (nSPS) is 19.9. The van der Waals surface area contributed by atoms with Crippen LogP contribution in [-0.2, 0) is 10.2 Å². The van der Waals surface area contributed by atoms with Crippen LogP contribution in [0.3, 0.4) is 0 Å². The molecule has 1 saturated heterocycles. The number of benzene rings is 1. The fourth-order valence-electron chi connectivity index (χ4n) is 3.36. The van der Waals surface area contributed by atoms with Crippen LogP contribution < -0.4 is 0 Å². The monoisotopic (exact) mass is 300 g/mol. The summed E-state index contributed by atoms with van der Waals surface area (Å²) in [4.78, 5) is 16.9. The Morgan fingerprint density at radius 2 is 2.09 bits per heavy atom. The van der Waals surface area contributed by atoms with Gasteiger partial charge in [-0.1, -0.05) is 49.3 Å². The Bertz CT molecular complexity index is 563. The molecule has 0 bridgehead atoms. The van der Waals surface area contributed by atoms with E-state index in [-0.39, 0.29) is 23.3 Å². The predicted octanol–water partition coefficient (Wildman–Crippen LogP) is 3.90. The van der Waals surface area contributed by atoms with Gasteiger partial charge in [-0.3, -0.25) is 4.79 Å². The van der Waals surface area contributed by atoms with E-state index in [0.717, 1.165) is 6.42 Å². The molecule has 0 aliphatic carbocycles. The van der Waals surface area contributed by atoms with Gasteiger partial charge in [0.25, 0.3) is 0 Å². The lowest BCUT2D eigenvalue weighted by atomic mass is 9.79. The van der Waals surface area contributed by atoms with Crippen molar-refractivity contribution in [3.63, 3.8) is 0 Å². The highest BCUT2D eigenvalue weighted by molar-refractivity contribution is 5.79. The number of nitrogens with zero attached hydrogens (tertiary/aromatic N) is 4. The highest BCUT2D eigenvalue weighted by Crippen LogP contribution is 2.31. The zero-order valence-electron chi connectivity index (χ0n) is 13.6. The molecular weight excluding hydrogens is 276 g/mol. The molecular formula is C17H24N4O. The second-order valence-corrected chi connectivity index (χ2v) is 6.83. The Morgan fingerprint density at radius 1 is 1.41 bits per heavy atom. The number of carbonyl (C=O) groups excluding carboxylic acids is 1. The minimum atomic E-state index is 0.0177. The molecule has 0 saturated carbocycles. The van der Waals surface area contributed by atoms with Crippen LogP contribution in [0.2, 0.25) is 0 Å². The van der Waals surface area contributed by atoms with Crippen LogP contribution in [0.4, 0.5) is 0 Å². The van der Waals surface area contributed by atoms with Gasteiger partial charge in [-0.2, -0.15) is 0 Å². The van der Waals surface area contributed by atoms with Crippen molar-refractivity contribution < 1.29 is 4.79 Å². The third-order valence-corrected chi connectivity index (χ3v) is 4.53. The van der Waals surface area contributed by atoms with E-state index in [1.54, 1.807) is 0 Å². The highest BCUT2D eigenvalue weighted by Gasteiger charge is 2.34. The largest absolute Gasteiger partial charge is 0.340 e. The fraction of sp³-hybridized carbons (Fsp3) is 0.588. The minimum Gasteiger partial charge on any atom is -0.340 e. The molecule has 5 heteroatoms. The average Bonchev–Trinajstić information content (AvgIpc) is 2.87. The number of carbonyl (C=O) groups is 1. The minimum absolute atomic E-state index is 0.0177. The third-order valence-electron chi connectivity index (χ3n) is 4.53. The van der Waals surface area contributed by atoms with Gasteiger partial charge >= 0.3 is 0 Å². The Hall–Kier alpha value is -2.00. The van der Waals surface area contributed by atoms with Crippen LogP contribution in [0.15, 0.2) is 35.4 Å². The molecule has 5 nitrogen and oxygen atoms in total. The van der Waals surface area contributed by atoms with Crippen LogP contribution in [0.1, 0.15) is 39.2 Å². The summed E-state index contributed by atoms with van der Waals surface area (Å²) < 4.78 is 0. The Labute approximate surface area is 131 Å². The molecule has 22 heavy (non-hydrogen) atoms. The first kappa shape index (κ1) is 16.4. The molecule has 1 aliphatic heterocycles. The van der Waals surface area contributed by atoms with Crippen molar-refractivity contribution >= 4 is 5.91 Å². The van der Waals surface area contributed by atoms with Crippen molar-refractivity contribution in [1.82, 2.24) is 4.90 Å². The van der Waals surface area contributed by atoms with Crippen molar-refractivity contribution in [2.75, 3.05) is 13.1 Å². The number of amides is 1. The molecule has 1 aromatic rings. The van der Waals surface area contributed by atoms with E-state index >= 15 is 0 Å². The van der Waals surface area contributed by atoms with Gasteiger partial charge in [0.05, 0.1) is 0 Å². The molecule has 2 atom stereocenters. The van der Waals surface area contributed by atoms with Gasteiger partial charge in [0.15, 0.2) is 0 Å². The summed E-state index contributed by atoms with van der Waals surface area (Å²) in [5.41, 5.74) is 9.71. The quantitative estimate of drug-likeness (QED) is 0.446. The van der Waals surface area contributed by atoms with E-state index < -0.39 is 0 Å². The molecule has 1 fully saturated rings. The second kappa shape index (κ2) is 6.84. The zero-order valence-corrected chi connectivity index (χ0v) is 13.6. The summed E-state index contributed by atoms with van der Waals surface area (Å²) in [7, 11) is 0. The van der Waals surface area contributed by atoms with Crippen molar-refractivity contribution in [1.29, 1.82) is 0 Å². The molecule has 0 radical (unpaired) electrons. The summed E-state index contributed by atoms with van der Waals surface area (Å²) in [6.45, 7) is 7.66.